The molecule has 21 heavy (non-hydrogen) atoms. The maximum Gasteiger partial charge on any atom is 0.349 e. The zero-order valence-electron chi connectivity index (χ0n) is 13.1. The van der Waals surface area contributed by atoms with Crippen molar-refractivity contribution in [2.75, 3.05) is 0 Å². The Bertz CT molecular complexity index is 451. The molecule has 6 heteroatoms. The highest BCUT2D eigenvalue weighted by atomic mass is 16.4. The fourth-order valence-electron chi connectivity index (χ4n) is 2.35. The minimum absolute atomic E-state index is 0.243. The molecule has 0 spiro atoms. The Morgan fingerprint density at radius 2 is 1.62 bits per heavy atom. The van der Waals surface area contributed by atoms with Crippen LogP contribution in [-0.2, 0) is 9.59 Å². The van der Waals surface area contributed by atoms with Gasteiger partial charge in [-0.05, 0) is 11.8 Å². The van der Waals surface area contributed by atoms with Crippen LogP contribution in [0.2, 0.25) is 0 Å². The average molecular weight is 297 g/mol. The van der Waals surface area contributed by atoms with Gasteiger partial charge in [-0.25, -0.2) is 18.7 Å². The van der Waals surface area contributed by atoms with E-state index in [2.05, 4.69) is 0 Å². The molecule has 2 N–H and O–H groups in total. The number of carbonyl (C=O) groups is 2. The van der Waals surface area contributed by atoms with Crippen LogP contribution in [-0.4, -0.2) is 26.7 Å². The Labute approximate surface area is 125 Å². The van der Waals surface area contributed by atoms with Crippen LogP contribution in [0, 0.1) is 11.8 Å². The van der Waals surface area contributed by atoms with E-state index in [0.717, 1.165) is 0 Å². The first kappa shape index (κ1) is 17.2. The predicted octanol–water partition coefficient (Wildman–Crippen LogP) is 2.12. The standard InChI is InChI=1S/C15H24N2O4/c1-10(2)7-12(14(18)19)16-5-6-17(9-16)13(15(20)21)8-11(3)4/h5-6,9-13H,7-8H2,1-4H3,(H-,18,19,20,21)/p+1/t12-,13-/m0/s1. The lowest BCUT2D eigenvalue weighted by Gasteiger charge is -2.13. The smallest absolute Gasteiger partial charge is 0.349 e. The summed E-state index contributed by atoms with van der Waals surface area (Å²) >= 11 is 0. The van der Waals surface area contributed by atoms with E-state index in [4.69, 9.17) is 0 Å². The lowest BCUT2D eigenvalue weighted by molar-refractivity contribution is -0.711. The van der Waals surface area contributed by atoms with Gasteiger partial charge in [0.05, 0.1) is 0 Å². The van der Waals surface area contributed by atoms with Crippen molar-refractivity contribution in [2.24, 2.45) is 11.8 Å². The first-order chi connectivity index (χ1) is 9.72. The maximum absolute atomic E-state index is 11.4. The highest BCUT2D eigenvalue weighted by molar-refractivity contribution is 5.72. The molecule has 1 aromatic heterocycles. The molecule has 0 unspecified atom stereocenters. The molecule has 118 valence electrons. The third kappa shape index (κ3) is 4.88. The molecule has 1 rings (SSSR count). The van der Waals surface area contributed by atoms with E-state index in [1.54, 1.807) is 27.9 Å². The van der Waals surface area contributed by atoms with Crippen LogP contribution in [0.4, 0.5) is 0 Å². The van der Waals surface area contributed by atoms with Crippen molar-refractivity contribution in [2.45, 2.75) is 52.6 Å². The van der Waals surface area contributed by atoms with Gasteiger partial charge in [-0.2, -0.15) is 0 Å². The van der Waals surface area contributed by atoms with Gasteiger partial charge >= 0.3 is 11.9 Å². The topological polar surface area (TPSA) is 83.4 Å². The van der Waals surface area contributed by atoms with E-state index in [1.165, 1.54) is 0 Å². The van der Waals surface area contributed by atoms with Crippen molar-refractivity contribution in [3.63, 3.8) is 0 Å². The number of aliphatic carboxylic acids is 2. The summed E-state index contributed by atoms with van der Waals surface area (Å²) in [7, 11) is 0. The number of carboxylic acids is 2. The second kappa shape index (κ2) is 7.24. The molecule has 2 atom stereocenters. The minimum atomic E-state index is -0.901. The normalized spacial score (nSPS) is 14.4. The number of aromatic nitrogens is 2. The van der Waals surface area contributed by atoms with Gasteiger partial charge in [-0.15, -0.1) is 0 Å². The Kier molecular flexibility index (Phi) is 5.93. The fraction of sp³-hybridized carbons (Fsp3) is 0.667. The van der Waals surface area contributed by atoms with Gasteiger partial charge < -0.3 is 10.2 Å². The van der Waals surface area contributed by atoms with Gasteiger partial charge in [0.1, 0.15) is 12.4 Å². The number of carboxylic acid groups (broad SMARTS) is 2. The van der Waals surface area contributed by atoms with Gasteiger partial charge in [0.2, 0.25) is 6.33 Å². The molecule has 0 saturated carbocycles. The summed E-state index contributed by atoms with van der Waals surface area (Å²) in [5, 5.41) is 18.7. The van der Waals surface area contributed by atoms with Crippen molar-refractivity contribution in [3.05, 3.63) is 18.7 Å². The number of rotatable bonds is 8. The minimum Gasteiger partial charge on any atom is -0.478 e. The summed E-state index contributed by atoms with van der Waals surface area (Å²) in [5.74, 6) is -1.31. The molecule has 0 radical (unpaired) electrons. The molecule has 1 aromatic rings. The first-order valence-corrected chi connectivity index (χ1v) is 7.26. The van der Waals surface area contributed by atoms with Gasteiger partial charge in [0.15, 0.2) is 12.1 Å². The van der Waals surface area contributed by atoms with Crippen LogP contribution in [0.15, 0.2) is 18.7 Å². The number of hydrogen-bond acceptors (Lipinski definition) is 2. The molecule has 0 fully saturated rings. The molecule has 0 bridgehead atoms. The lowest BCUT2D eigenvalue weighted by Crippen LogP contribution is -2.43. The molecule has 0 saturated heterocycles. The van der Waals surface area contributed by atoms with Gasteiger partial charge in [-0.1, -0.05) is 27.7 Å². The Morgan fingerprint density at radius 1 is 1.05 bits per heavy atom. The third-order valence-corrected chi connectivity index (χ3v) is 3.36. The van der Waals surface area contributed by atoms with Gasteiger partial charge in [0, 0.05) is 12.8 Å². The molecular weight excluding hydrogens is 272 g/mol. The van der Waals surface area contributed by atoms with Gasteiger partial charge in [-0.3, -0.25) is 0 Å². The van der Waals surface area contributed by atoms with E-state index in [1.807, 2.05) is 27.7 Å². The van der Waals surface area contributed by atoms with Crippen LogP contribution >= 0.6 is 0 Å². The third-order valence-electron chi connectivity index (χ3n) is 3.36. The molecule has 1 heterocycles. The van der Waals surface area contributed by atoms with E-state index >= 15 is 0 Å². The molecule has 0 aliphatic carbocycles. The van der Waals surface area contributed by atoms with Gasteiger partial charge in [0.25, 0.3) is 0 Å². The van der Waals surface area contributed by atoms with Crippen LogP contribution in [0.5, 0.6) is 0 Å². The van der Waals surface area contributed by atoms with Crippen molar-refractivity contribution in [1.82, 2.24) is 4.57 Å². The van der Waals surface area contributed by atoms with Crippen LogP contribution in [0.3, 0.4) is 0 Å². The zero-order valence-corrected chi connectivity index (χ0v) is 13.1. The highest BCUT2D eigenvalue weighted by Crippen LogP contribution is 2.18. The molecule has 0 aromatic carbocycles. The largest absolute Gasteiger partial charge is 0.478 e. The van der Waals surface area contributed by atoms with E-state index in [-0.39, 0.29) is 11.8 Å². The Morgan fingerprint density at radius 3 is 2.05 bits per heavy atom. The zero-order chi connectivity index (χ0) is 16.2. The van der Waals surface area contributed by atoms with E-state index < -0.39 is 24.0 Å². The predicted molar refractivity (Wildman–Crippen MR) is 76.9 cm³/mol. The van der Waals surface area contributed by atoms with Crippen LogP contribution in [0.25, 0.3) is 0 Å². The van der Waals surface area contributed by atoms with E-state index in [0.29, 0.717) is 12.8 Å². The summed E-state index contributed by atoms with van der Waals surface area (Å²) in [6.07, 6.45) is 5.87. The second-order valence-electron chi connectivity index (χ2n) is 6.28. The second-order valence-corrected chi connectivity index (χ2v) is 6.28. The first-order valence-electron chi connectivity index (χ1n) is 7.26. The fourth-order valence-corrected chi connectivity index (χ4v) is 2.35. The Hall–Kier alpha value is -1.85. The van der Waals surface area contributed by atoms with Crippen molar-refractivity contribution in [3.8, 4) is 0 Å². The molecular formula is C15H25N2O4+. The quantitative estimate of drug-likeness (QED) is 0.720. The van der Waals surface area contributed by atoms with Crippen LogP contribution in [0.1, 0.15) is 52.6 Å². The summed E-state index contributed by atoms with van der Waals surface area (Å²) in [6, 6.07) is -1.33. The van der Waals surface area contributed by atoms with E-state index in [9.17, 15) is 19.8 Å². The van der Waals surface area contributed by atoms with Crippen molar-refractivity contribution >= 4 is 11.9 Å². The SMILES string of the molecule is CC(C)C[C@@H](C(=O)O)n1cc[n+]([C@@H](CC(C)C)C(=O)O)c1. The molecule has 0 aliphatic rings. The van der Waals surface area contributed by atoms with Crippen molar-refractivity contribution < 1.29 is 24.4 Å². The molecule has 0 amide bonds. The number of hydrogen-bond donors (Lipinski definition) is 2. The lowest BCUT2D eigenvalue weighted by atomic mass is 10.0. The molecule has 0 aliphatic heterocycles. The number of nitrogens with zero attached hydrogens (tertiary/aromatic N) is 2. The van der Waals surface area contributed by atoms with Crippen LogP contribution < -0.4 is 4.57 Å². The summed E-state index contributed by atoms with van der Waals surface area (Å²) < 4.78 is 3.16. The summed E-state index contributed by atoms with van der Waals surface area (Å²) in [5.41, 5.74) is 0. The Balaban J connectivity index is 3.01. The molecule has 6 nitrogen and oxygen atoms in total. The monoisotopic (exact) mass is 297 g/mol. The highest BCUT2D eigenvalue weighted by Gasteiger charge is 2.30. The summed E-state index contributed by atoms with van der Waals surface area (Å²) in [4.78, 5) is 22.8. The van der Waals surface area contributed by atoms with Crippen molar-refractivity contribution in [1.29, 1.82) is 0 Å². The summed E-state index contributed by atoms with van der Waals surface area (Å²) in [6.45, 7) is 7.86. The maximum atomic E-state index is 11.4. The number of imidazole rings is 1. The average Bonchev–Trinajstić information content (AvgIpc) is 2.80.